The SMILES string of the molecule is O=C(O)CCN1C(=O)C(=Cc2ccc(O)cc2)SC1=S. The number of amides is 1. The van der Waals surface area contributed by atoms with Crippen LogP contribution in [0.15, 0.2) is 29.2 Å². The monoisotopic (exact) mass is 309 g/mol. The molecule has 1 saturated heterocycles. The van der Waals surface area contributed by atoms with Crippen molar-refractivity contribution in [3.05, 3.63) is 34.7 Å². The van der Waals surface area contributed by atoms with E-state index in [1.165, 1.54) is 17.0 Å². The lowest BCUT2D eigenvalue weighted by Gasteiger charge is -2.12. The van der Waals surface area contributed by atoms with Gasteiger partial charge in [-0.2, -0.15) is 0 Å². The molecule has 2 rings (SSSR count). The highest BCUT2D eigenvalue weighted by atomic mass is 32.2. The summed E-state index contributed by atoms with van der Waals surface area (Å²) < 4.78 is 0.362. The second-order valence-corrected chi connectivity index (χ2v) is 5.74. The van der Waals surface area contributed by atoms with Crippen molar-refractivity contribution in [3.63, 3.8) is 0 Å². The number of rotatable bonds is 4. The Balaban J connectivity index is 2.14. The number of nitrogens with zero attached hydrogens (tertiary/aromatic N) is 1. The summed E-state index contributed by atoms with van der Waals surface area (Å²) in [5.74, 6) is -1.10. The highest BCUT2D eigenvalue weighted by Gasteiger charge is 2.31. The first-order chi connectivity index (χ1) is 9.47. The molecule has 0 spiro atoms. The van der Waals surface area contributed by atoms with Gasteiger partial charge >= 0.3 is 5.97 Å². The standard InChI is InChI=1S/C13H11NO4S2/c15-9-3-1-8(2-4-9)7-10-12(18)14(13(19)20-10)6-5-11(16)17/h1-4,7,15H,5-6H2,(H,16,17). The van der Waals surface area contributed by atoms with E-state index >= 15 is 0 Å². The van der Waals surface area contributed by atoms with Gasteiger partial charge in [-0.1, -0.05) is 36.1 Å². The van der Waals surface area contributed by atoms with Gasteiger partial charge in [0.05, 0.1) is 11.3 Å². The van der Waals surface area contributed by atoms with Gasteiger partial charge in [-0.15, -0.1) is 0 Å². The van der Waals surface area contributed by atoms with E-state index < -0.39 is 5.97 Å². The molecule has 0 aliphatic carbocycles. The van der Waals surface area contributed by atoms with E-state index in [9.17, 15) is 14.7 Å². The lowest BCUT2D eigenvalue weighted by atomic mass is 10.2. The van der Waals surface area contributed by atoms with Crippen molar-refractivity contribution in [2.45, 2.75) is 6.42 Å². The minimum atomic E-state index is -0.971. The minimum absolute atomic E-state index is 0.0763. The summed E-state index contributed by atoms with van der Waals surface area (Å²) in [5.41, 5.74) is 0.765. The van der Waals surface area contributed by atoms with Gasteiger partial charge in [0.15, 0.2) is 0 Å². The summed E-state index contributed by atoms with van der Waals surface area (Å²) in [4.78, 5) is 24.4. The molecule has 5 nitrogen and oxygen atoms in total. The summed E-state index contributed by atoms with van der Waals surface area (Å²) in [7, 11) is 0. The van der Waals surface area contributed by atoms with Crippen molar-refractivity contribution in [2.75, 3.05) is 6.54 Å². The molecule has 1 aromatic rings. The minimum Gasteiger partial charge on any atom is -0.508 e. The molecular weight excluding hydrogens is 298 g/mol. The van der Waals surface area contributed by atoms with Gasteiger partial charge in [-0.25, -0.2) is 0 Å². The van der Waals surface area contributed by atoms with Gasteiger partial charge in [0.25, 0.3) is 5.91 Å². The third-order valence-corrected chi connectivity index (χ3v) is 3.99. The van der Waals surface area contributed by atoms with Gasteiger partial charge in [0, 0.05) is 6.54 Å². The Morgan fingerprint density at radius 1 is 1.35 bits per heavy atom. The third-order valence-electron chi connectivity index (χ3n) is 2.61. The fraction of sp³-hybridized carbons (Fsp3) is 0.154. The van der Waals surface area contributed by atoms with Crippen LogP contribution in [0.3, 0.4) is 0 Å². The molecular formula is C13H11NO4S2. The zero-order chi connectivity index (χ0) is 14.7. The Labute approximate surface area is 124 Å². The molecule has 20 heavy (non-hydrogen) atoms. The molecule has 0 radical (unpaired) electrons. The molecule has 1 aromatic carbocycles. The van der Waals surface area contributed by atoms with E-state index in [0.29, 0.717) is 9.23 Å². The number of aromatic hydroxyl groups is 1. The van der Waals surface area contributed by atoms with Crippen LogP contribution < -0.4 is 0 Å². The van der Waals surface area contributed by atoms with Crippen molar-refractivity contribution >= 4 is 46.3 Å². The Hall–Kier alpha value is -1.86. The van der Waals surface area contributed by atoms with E-state index in [1.54, 1.807) is 18.2 Å². The normalized spacial score (nSPS) is 17.0. The molecule has 2 N–H and O–H groups in total. The maximum absolute atomic E-state index is 12.1. The van der Waals surface area contributed by atoms with Crippen LogP contribution in [0.2, 0.25) is 0 Å². The number of thioether (sulfide) groups is 1. The summed E-state index contributed by atoms with van der Waals surface area (Å²) in [6.45, 7) is 0.0763. The van der Waals surface area contributed by atoms with E-state index in [4.69, 9.17) is 17.3 Å². The largest absolute Gasteiger partial charge is 0.508 e. The molecule has 0 saturated carbocycles. The first-order valence-corrected chi connectivity index (χ1v) is 6.96. The molecule has 1 amide bonds. The van der Waals surface area contributed by atoms with Gasteiger partial charge in [0.1, 0.15) is 10.1 Å². The summed E-state index contributed by atoms with van der Waals surface area (Å²) >= 11 is 6.22. The van der Waals surface area contributed by atoms with E-state index in [2.05, 4.69) is 0 Å². The molecule has 0 bridgehead atoms. The predicted octanol–water partition coefficient (Wildman–Crippen LogP) is 2.07. The second kappa shape index (κ2) is 6.06. The number of phenolic OH excluding ortho intramolecular Hbond substituents is 1. The third kappa shape index (κ3) is 3.37. The number of carboxylic acids is 1. The number of carboxylic acid groups (broad SMARTS) is 1. The lowest BCUT2D eigenvalue weighted by molar-refractivity contribution is -0.137. The van der Waals surface area contributed by atoms with E-state index in [1.807, 2.05) is 0 Å². The Morgan fingerprint density at radius 2 is 2.00 bits per heavy atom. The first-order valence-electron chi connectivity index (χ1n) is 5.73. The lowest BCUT2D eigenvalue weighted by Crippen LogP contribution is -2.30. The number of benzene rings is 1. The van der Waals surface area contributed by atoms with Crippen molar-refractivity contribution in [1.29, 1.82) is 0 Å². The average molecular weight is 309 g/mol. The Kier molecular flexibility index (Phi) is 4.41. The van der Waals surface area contributed by atoms with Crippen LogP contribution in [0.5, 0.6) is 5.75 Å². The number of hydrogen-bond acceptors (Lipinski definition) is 5. The van der Waals surface area contributed by atoms with E-state index in [0.717, 1.165) is 17.3 Å². The fourth-order valence-corrected chi connectivity index (χ4v) is 2.93. The first kappa shape index (κ1) is 14.5. The highest BCUT2D eigenvalue weighted by Crippen LogP contribution is 2.32. The fourth-order valence-electron chi connectivity index (χ4n) is 1.62. The van der Waals surface area contributed by atoms with Crippen LogP contribution in [0.4, 0.5) is 0 Å². The Bertz CT molecular complexity index is 595. The molecule has 0 unspecified atom stereocenters. The Morgan fingerprint density at radius 3 is 2.60 bits per heavy atom. The van der Waals surface area contributed by atoms with Gasteiger partial charge in [-0.3, -0.25) is 14.5 Å². The highest BCUT2D eigenvalue weighted by molar-refractivity contribution is 8.26. The predicted molar refractivity (Wildman–Crippen MR) is 80.2 cm³/mol. The molecule has 104 valence electrons. The van der Waals surface area contributed by atoms with Crippen molar-refractivity contribution in [3.8, 4) is 5.75 Å². The molecule has 1 heterocycles. The molecule has 7 heteroatoms. The van der Waals surface area contributed by atoms with E-state index in [-0.39, 0.29) is 24.6 Å². The molecule has 1 fully saturated rings. The van der Waals surface area contributed by atoms with Gasteiger partial charge in [0.2, 0.25) is 0 Å². The average Bonchev–Trinajstić information content (AvgIpc) is 2.65. The van der Waals surface area contributed by atoms with Crippen LogP contribution in [0.1, 0.15) is 12.0 Å². The number of carbonyl (C=O) groups excluding carboxylic acids is 1. The smallest absolute Gasteiger partial charge is 0.305 e. The van der Waals surface area contributed by atoms with Crippen LogP contribution in [-0.4, -0.2) is 37.9 Å². The maximum atomic E-state index is 12.1. The number of thiocarbonyl (C=S) groups is 1. The number of phenols is 1. The molecule has 0 atom stereocenters. The molecule has 1 aliphatic rings. The second-order valence-electron chi connectivity index (χ2n) is 4.07. The van der Waals surface area contributed by atoms with Crippen LogP contribution in [-0.2, 0) is 9.59 Å². The molecule has 0 aromatic heterocycles. The van der Waals surface area contributed by atoms with Crippen molar-refractivity contribution in [1.82, 2.24) is 4.90 Å². The number of carbonyl (C=O) groups is 2. The number of hydrogen-bond donors (Lipinski definition) is 2. The van der Waals surface area contributed by atoms with Gasteiger partial charge in [-0.05, 0) is 23.8 Å². The van der Waals surface area contributed by atoms with Crippen molar-refractivity contribution in [2.24, 2.45) is 0 Å². The maximum Gasteiger partial charge on any atom is 0.305 e. The van der Waals surface area contributed by atoms with Crippen LogP contribution >= 0.6 is 24.0 Å². The van der Waals surface area contributed by atoms with Crippen LogP contribution in [0.25, 0.3) is 6.08 Å². The van der Waals surface area contributed by atoms with Crippen molar-refractivity contribution < 1.29 is 19.8 Å². The summed E-state index contributed by atoms with van der Waals surface area (Å²) in [6.07, 6.45) is 1.53. The van der Waals surface area contributed by atoms with Crippen LogP contribution in [0, 0.1) is 0 Å². The zero-order valence-corrected chi connectivity index (χ0v) is 11.9. The summed E-state index contributed by atoms with van der Waals surface area (Å²) in [6, 6.07) is 6.41. The summed E-state index contributed by atoms with van der Waals surface area (Å²) in [5, 5.41) is 17.8. The topological polar surface area (TPSA) is 77.8 Å². The zero-order valence-electron chi connectivity index (χ0n) is 10.3. The quantitative estimate of drug-likeness (QED) is 0.655. The molecule has 1 aliphatic heterocycles. The number of aliphatic carboxylic acids is 1. The van der Waals surface area contributed by atoms with Gasteiger partial charge < -0.3 is 10.2 Å².